The van der Waals surface area contributed by atoms with Gasteiger partial charge >= 0.3 is 5.97 Å². The van der Waals surface area contributed by atoms with Crippen LogP contribution in [0.2, 0.25) is 0 Å². The fraction of sp³-hybridized carbons (Fsp3) is 0.500. The first-order valence-electron chi connectivity index (χ1n) is 13.5. The summed E-state index contributed by atoms with van der Waals surface area (Å²) in [6.07, 6.45) is 7.46. The van der Waals surface area contributed by atoms with E-state index in [0.29, 0.717) is 23.4 Å². The predicted octanol–water partition coefficient (Wildman–Crippen LogP) is 6.56. The lowest BCUT2D eigenvalue weighted by Gasteiger charge is -2.37. The Morgan fingerprint density at radius 2 is 1.89 bits per heavy atom. The first-order valence-corrected chi connectivity index (χ1v) is 13.5. The van der Waals surface area contributed by atoms with Crippen LogP contribution in [0.15, 0.2) is 36.4 Å². The number of rotatable bonds is 5. The summed E-state index contributed by atoms with van der Waals surface area (Å²) < 4.78 is 2.45. The number of carbonyl (C=O) groups is 1. The molecule has 0 saturated heterocycles. The van der Waals surface area contributed by atoms with Crippen molar-refractivity contribution in [2.75, 3.05) is 24.5 Å². The zero-order chi connectivity index (χ0) is 24.1. The topological polar surface area (TPSA) is 57.5 Å². The van der Waals surface area contributed by atoms with Crippen LogP contribution in [0.5, 0.6) is 0 Å². The van der Waals surface area contributed by atoms with Gasteiger partial charge in [-0.3, -0.25) is 0 Å². The summed E-state index contributed by atoms with van der Waals surface area (Å²) in [5, 5.41) is 14.8. The van der Waals surface area contributed by atoms with Crippen molar-refractivity contribution in [1.82, 2.24) is 9.88 Å². The van der Waals surface area contributed by atoms with Gasteiger partial charge in [0, 0.05) is 42.1 Å². The van der Waals surface area contributed by atoms with E-state index in [2.05, 4.69) is 52.9 Å². The van der Waals surface area contributed by atoms with Gasteiger partial charge in [0.2, 0.25) is 0 Å². The first-order chi connectivity index (χ1) is 17.0. The molecule has 1 atom stereocenters. The summed E-state index contributed by atoms with van der Waals surface area (Å²) in [6, 6.07) is 13.1. The van der Waals surface area contributed by atoms with Crippen LogP contribution in [0.4, 0.5) is 5.69 Å². The quantitative estimate of drug-likeness (QED) is 0.442. The highest BCUT2D eigenvalue weighted by Crippen LogP contribution is 2.50. The van der Waals surface area contributed by atoms with E-state index in [1.165, 1.54) is 65.6 Å². The Labute approximate surface area is 208 Å². The Kier molecular flexibility index (Phi) is 5.84. The number of fused-ring (bicyclic) bond motifs is 4. The maximum Gasteiger partial charge on any atom is 0.335 e. The van der Waals surface area contributed by atoms with Crippen molar-refractivity contribution in [3.05, 3.63) is 53.1 Å². The second-order valence-corrected chi connectivity index (χ2v) is 11.2. The number of aromatic carboxylic acids is 1. The Morgan fingerprint density at radius 3 is 2.66 bits per heavy atom. The average molecular weight is 472 g/mol. The van der Waals surface area contributed by atoms with Crippen molar-refractivity contribution in [2.45, 2.75) is 70.9 Å². The molecule has 1 unspecified atom stereocenters. The van der Waals surface area contributed by atoms with E-state index in [-0.39, 0.29) is 0 Å². The number of nitrogens with zero attached hydrogens (tertiary/aromatic N) is 2. The molecule has 3 heterocycles. The molecule has 5 heteroatoms. The van der Waals surface area contributed by atoms with E-state index in [9.17, 15) is 9.90 Å². The summed E-state index contributed by atoms with van der Waals surface area (Å²) in [6.45, 7) is 8.47. The van der Waals surface area contributed by atoms with Crippen molar-refractivity contribution < 1.29 is 9.90 Å². The maximum atomic E-state index is 11.9. The lowest BCUT2D eigenvalue weighted by atomic mass is 9.81. The molecule has 0 amide bonds. The predicted molar refractivity (Wildman–Crippen MR) is 143 cm³/mol. The van der Waals surface area contributed by atoms with Crippen molar-refractivity contribution in [1.29, 1.82) is 0 Å². The van der Waals surface area contributed by atoms with Crippen LogP contribution in [0.3, 0.4) is 0 Å². The molecule has 0 bridgehead atoms. The standard InChI is InChI=1S/C30H37N3O2/c1-19(2)18-31-25-13-14-32-15-16-33-26-17-21(30(34)35)11-12-23(26)27(20-7-4-3-5-8-20)29(33)24-10-6-9-22(25)28(24)32/h6,9-12,17,19-20,25,31H,3-5,7-8,13-16,18H2,1-2H3,(H,34,35). The van der Waals surface area contributed by atoms with Crippen molar-refractivity contribution in [3.8, 4) is 11.3 Å². The molecule has 2 aromatic carbocycles. The maximum absolute atomic E-state index is 11.9. The van der Waals surface area contributed by atoms with Gasteiger partial charge in [-0.05, 0) is 60.9 Å². The van der Waals surface area contributed by atoms with E-state index in [0.717, 1.165) is 38.1 Å². The van der Waals surface area contributed by atoms with Crippen LogP contribution in [0.1, 0.15) is 85.8 Å². The summed E-state index contributed by atoms with van der Waals surface area (Å²) in [7, 11) is 0. The van der Waals surface area contributed by atoms with E-state index in [4.69, 9.17) is 0 Å². The Balaban J connectivity index is 1.58. The molecule has 5 nitrogen and oxygen atoms in total. The number of carboxylic acid groups (broad SMARTS) is 1. The third-order valence-electron chi connectivity index (χ3n) is 8.43. The second-order valence-electron chi connectivity index (χ2n) is 11.2. The normalized spacial score (nSPS) is 20.1. The van der Waals surface area contributed by atoms with Gasteiger partial charge in [0.25, 0.3) is 0 Å². The Hall–Kier alpha value is -2.79. The highest BCUT2D eigenvalue weighted by atomic mass is 16.4. The van der Waals surface area contributed by atoms with Crippen molar-refractivity contribution in [3.63, 3.8) is 0 Å². The van der Waals surface area contributed by atoms with Crippen LogP contribution in [0.25, 0.3) is 22.2 Å². The lowest BCUT2D eigenvalue weighted by molar-refractivity contribution is 0.0697. The lowest BCUT2D eigenvalue weighted by Crippen LogP contribution is -2.38. The third-order valence-corrected chi connectivity index (χ3v) is 8.43. The SMILES string of the molecule is CC(C)CNC1CCN2CCn3c(c(C4CCCCC4)c4ccc(C(=O)O)cc43)-c3cccc1c32. The van der Waals surface area contributed by atoms with Crippen LogP contribution in [0, 0.1) is 5.92 Å². The first kappa shape index (κ1) is 22.7. The Bertz CT molecular complexity index is 1270. The van der Waals surface area contributed by atoms with Crippen LogP contribution >= 0.6 is 0 Å². The molecule has 35 heavy (non-hydrogen) atoms. The monoisotopic (exact) mass is 471 g/mol. The summed E-state index contributed by atoms with van der Waals surface area (Å²) in [5.74, 6) is 0.315. The Morgan fingerprint density at radius 1 is 1.06 bits per heavy atom. The van der Waals surface area contributed by atoms with Crippen LogP contribution in [-0.2, 0) is 6.54 Å². The molecular weight excluding hydrogens is 434 g/mol. The average Bonchev–Trinajstić information content (AvgIpc) is 3.10. The van der Waals surface area contributed by atoms with E-state index in [1.54, 1.807) is 6.07 Å². The number of carboxylic acids is 1. The second kappa shape index (κ2) is 9.02. The number of benzene rings is 2. The van der Waals surface area contributed by atoms with Gasteiger partial charge in [0.15, 0.2) is 0 Å². The van der Waals surface area contributed by atoms with Gasteiger partial charge < -0.3 is 19.9 Å². The van der Waals surface area contributed by atoms with E-state index in [1.807, 2.05) is 6.07 Å². The van der Waals surface area contributed by atoms with E-state index >= 15 is 0 Å². The number of anilines is 1. The van der Waals surface area contributed by atoms with Gasteiger partial charge in [0.05, 0.1) is 16.9 Å². The van der Waals surface area contributed by atoms with Crippen molar-refractivity contribution >= 4 is 22.6 Å². The number of nitrogens with one attached hydrogen (secondary N) is 1. The van der Waals surface area contributed by atoms with Gasteiger partial charge in [-0.1, -0.05) is 57.4 Å². The molecule has 1 aliphatic carbocycles. The number of para-hydroxylation sites is 1. The molecule has 3 aromatic rings. The molecule has 1 saturated carbocycles. The third kappa shape index (κ3) is 3.85. The zero-order valence-electron chi connectivity index (χ0n) is 21.0. The molecule has 0 radical (unpaired) electrons. The van der Waals surface area contributed by atoms with Gasteiger partial charge in [-0.15, -0.1) is 0 Å². The molecule has 2 aliphatic heterocycles. The number of aromatic nitrogens is 1. The highest BCUT2D eigenvalue weighted by molar-refractivity contribution is 6.00. The summed E-state index contributed by atoms with van der Waals surface area (Å²) in [4.78, 5) is 14.4. The largest absolute Gasteiger partial charge is 0.478 e. The molecule has 0 spiro atoms. The van der Waals surface area contributed by atoms with Crippen molar-refractivity contribution in [2.24, 2.45) is 5.92 Å². The molecule has 184 valence electrons. The zero-order valence-corrected chi connectivity index (χ0v) is 21.0. The minimum absolute atomic E-state index is 0.380. The number of hydrogen-bond donors (Lipinski definition) is 2. The molecule has 2 N–H and O–H groups in total. The van der Waals surface area contributed by atoms with Gasteiger partial charge in [0.1, 0.15) is 0 Å². The van der Waals surface area contributed by atoms with Crippen LogP contribution < -0.4 is 10.2 Å². The van der Waals surface area contributed by atoms with E-state index < -0.39 is 5.97 Å². The fourth-order valence-electron chi connectivity index (χ4n) is 6.81. The molecular formula is C30H37N3O2. The molecule has 6 rings (SSSR count). The highest BCUT2D eigenvalue weighted by Gasteiger charge is 2.34. The molecule has 3 aliphatic rings. The fourth-order valence-corrected chi connectivity index (χ4v) is 6.81. The van der Waals surface area contributed by atoms with Gasteiger partial charge in [-0.25, -0.2) is 4.79 Å². The summed E-state index contributed by atoms with van der Waals surface area (Å²) in [5.41, 5.74) is 8.44. The molecule has 1 fully saturated rings. The molecule has 1 aromatic heterocycles. The van der Waals surface area contributed by atoms with Crippen LogP contribution in [-0.4, -0.2) is 35.3 Å². The smallest absolute Gasteiger partial charge is 0.335 e. The minimum atomic E-state index is -0.850. The summed E-state index contributed by atoms with van der Waals surface area (Å²) >= 11 is 0. The van der Waals surface area contributed by atoms with Gasteiger partial charge in [-0.2, -0.15) is 0 Å². The number of hydrogen-bond acceptors (Lipinski definition) is 3. The minimum Gasteiger partial charge on any atom is -0.478 e.